The first kappa shape index (κ1) is 23.9. The molecular formula is C21H46N3. The molecule has 0 rings (SSSR count). The molecule has 0 spiro atoms. The lowest BCUT2D eigenvalue weighted by molar-refractivity contribution is 0.427. The van der Waals surface area contributed by atoms with Crippen LogP contribution < -0.4 is 16.0 Å². The first-order valence-electron chi connectivity index (χ1n) is 10.6. The van der Waals surface area contributed by atoms with E-state index in [0.29, 0.717) is 6.04 Å². The highest BCUT2D eigenvalue weighted by Crippen LogP contribution is 2.07. The Bertz CT molecular complexity index is 257. The van der Waals surface area contributed by atoms with Crippen molar-refractivity contribution < 1.29 is 0 Å². The largest absolute Gasteiger partial charge is 0.315 e. The van der Waals surface area contributed by atoms with Gasteiger partial charge in [-0.2, -0.15) is 0 Å². The van der Waals surface area contributed by atoms with Crippen LogP contribution in [0.15, 0.2) is 0 Å². The molecule has 145 valence electrons. The number of hydrogen-bond donors (Lipinski definition) is 3. The highest BCUT2D eigenvalue weighted by Gasteiger charge is 2.13. The van der Waals surface area contributed by atoms with Crippen LogP contribution in [0, 0.1) is 17.9 Å². The van der Waals surface area contributed by atoms with Crippen LogP contribution in [0.3, 0.4) is 0 Å². The van der Waals surface area contributed by atoms with Gasteiger partial charge < -0.3 is 16.0 Å². The maximum atomic E-state index is 3.75. The van der Waals surface area contributed by atoms with Crippen LogP contribution in [0.1, 0.15) is 86.5 Å². The highest BCUT2D eigenvalue weighted by molar-refractivity contribution is 4.94. The summed E-state index contributed by atoms with van der Waals surface area (Å²) in [7, 11) is 0. The van der Waals surface area contributed by atoms with E-state index in [1.54, 1.807) is 0 Å². The number of hydrogen-bond acceptors (Lipinski definition) is 3. The zero-order chi connectivity index (χ0) is 18.2. The Balaban J connectivity index is 4.12. The fourth-order valence-corrected chi connectivity index (χ4v) is 2.95. The van der Waals surface area contributed by atoms with Crippen molar-refractivity contribution in [3.63, 3.8) is 0 Å². The average molecular weight is 341 g/mol. The van der Waals surface area contributed by atoms with Gasteiger partial charge in [0.05, 0.1) is 6.04 Å². The molecule has 0 aliphatic heterocycles. The van der Waals surface area contributed by atoms with Crippen LogP contribution in [-0.4, -0.2) is 32.2 Å². The predicted octanol–water partition coefficient (Wildman–Crippen LogP) is 4.74. The lowest BCUT2D eigenvalue weighted by Crippen LogP contribution is -2.43. The maximum Gasteiger partial charge on any atom is 0.0643 e. The Morgan fingerprint density at radius 1 is 0.792 bits per heavy atom. The molecule has 0 aromatic heterocycles. The Morgan fingerprint density at radius 2 is 1.50 bits per heavy atom. The zero-order valence-corrected chi connectivity index (χ0v) is 17.5. The van der Waals surface area contributed by atoms with Crippen molar-refractivity contribution in [1.82, 2.24) is 16.0 Å². The second-order valence-electron chi connectivity index (χ2n) is 7.79. The van der Waals surface area contributed by atoms with Crippen molar-refractivity contribution in [3.05, 3.63) is 6.04 Å². The van der Waals surface area contributed by atoms with Gasteiger partial charge >= 0.3 is 0 Å². The van der Waals surface area contributed by atoms with E-state index < -0.39 is 0 Å². The molecule has 0 aliphatic carbocycles. The monoisotopic (exact) mass is 340 g/mol. The summed E-state index contributed by atoms with van der Waals surface area (Å²) >= 11 is 0. The van der Waals surface area contributed by atoms with E-state index in [4.69, 9.17) is 0 Å². The Morgan fingerprint density at radius 3 is 2.12 bits per heavy atom. The van der Waals surface area contributed by atoms with Crippen LogP contribution in [0.5, 0.6) is 0 Å². The van der Waals surface area contributed by atoms with E-state index in [-0.39, 0.29) is 0 Å². The van der Waals surface area contributed by atoms with E-state index in [9.17, 15) is 0 Å². The van der Waals surface area contributed by atoms with E-state index in [1.807, 2.05) is 0 Å². The molecule has 0 aromatic rings. The van der Waals surface area contributed by atoms with Crippen LogP contribution in [0.25, 0.3) is 0 Å². The molecule has 3 atom stereocenters. The van der Waals surface area contributed by atoms with Gasteiger partial charge in [0.25, 0.3) is 0 Å². The summed E-state index contributed by atoms with van der Waals surface area (Å²) in [6.07, 6.45) is 9.00. The number of nitrogens with one attached hydrogen (secondary N) is 3. The highest BCUT2D eigenvalue weighted by atomic mass is 15.0. The maximum absolute atomic E-state index is 3.75. The summed E-state index contributed by atoms with van der Waals surface area (Å²) in [5, 5.41) is 11.0. The van der Waals surface area contributed by atoms with Gasteiger partial charge in [-0.25, -0.2) is 0 Å². The van der Waals surface area contributed by atoms with Gasteiger partial charge in [0.15, 0.2) is 0 Å². The summed E-state index contributed by atoms with van der Waals surface area (Å²) in [4.78, 5) is 0. The smallest absolute Gasteiger partial charge is 0.0643 e. The molecule has 3 unspecified atom stereocenters. The molecule has 3 heteroatoms. The van der Waals surface area contributed by atoms with Crippen LogP contribution >= 0.6 is 0 Å². The predicted molar refractivity (Wildman–Crippen MR) is 109 cm³/mol. The van der Waals surface area contributed by atoms with Crippen molar-refractivity contribution in [2.45, 2.75) is 92.5 Å². The summed E-state index contributed by atoms with van der Waals surface area (Å²) in [5.41, 5.74) is 0. The van der Waals surface area contributed by atoms with Crippen molar-refractivity contribution in [3.8, 4) is 0 Å². The fraction of sp³-hybridized carbons (Fsp3) is 0.952. The van der Waals surface area contributed by atoms with Crippen LogP contribution in [0.4, 0.5) is 0 Å². The first-order chi connectivity index (χ1) is 11.5. The van der Waals surface area contributed by atoms with E-state index in [2.05, 4.69) is 57.5 Å². The normalized spacial score (nSPS) is 15.6. The van der Waals surface area contributed by atoms with Gasteiger partial charge in [-0.3, -0.25) is 0 Å². The standard InChI is InChI=1S/C21H46N3/c1-7-10-12-20(6)24-21(16-22-14-13-18(4)9-3)17-23-15-19(5)11-8-2/h18-20,22-24H,7-17H2,1-6H3. The second-order valence-corrected chi connectivity index (χ2v) is 7.79. The summed E-state index contributed by atoms with van der Waals surface area (Å²) in [5.74, 6) is 1.59. The number of rotatable bonds is 17. The lowest BCUT2D eigenvalue weighted by atomic mass is 10.1. The minimum absolute atomic E-state index is 0.575. The van der Waals surface area contributed by atoms with Gasteiger partial charge in [0.2, 0.25) is 0 Å². The topological polar surface area (TPSA) is 36.1 Å². The average Bonchev–Trinajstić information content (AvgIpc) is 2.56. The molecule has 0 aromatic carbocycles. The molecule has 0 saturated carbocycles. The van der Waals surface area contributed by atoms with Gasteiger partial charge in [-0.15, -0.1) is 0 Å². The Hall–Kier alpha value is -0.120. The summed E-state index contributed by atoms with van der Waals surface area (Å²) in [6.45, 7) is 18.0. The van der Waals surface area contributed by atoms with Crippen molar-refractivity contribution in [2.75, 3.05) is 26.2 Å². The van der Waals surface area contributed by atoms with Gasteiger partial charge in [0.1, 0.15) is 0 Å². The van der Waals surface area contributed by atoms with Gasteiger partial charge in [-0.1, -0.05) is 60.3 Å². The molecule has 1 radical (unpaired) electrons. The molecule has 3 nitrogen and oxygen atoms in total. The third kappa shape index (κ3) is 14.2. The SMILES string of the molecule is CCCCC(C)N[C](CNCCC(C)CC)CNCC(C)CCC. The third-order valence-corrected chi connectivity index (χ3v) is 4.90. The van der Waals surface area contributed by atoms with Gasteiger partial charge in [0, 0.05) is 19.1 Å². The molecule has 0 saturated heterocycles. The van der Waals surface area contributed by atoms with Crippen molar-refractivity contribution in [2.24, 2.45) is 11.8 Å². The molecule has 0 amide bonds. The van der Waals surface area contributed by atoms with E-state index in [0.717, 1.165) is 38.0 Å². The summed E-state index contributed by atoms with van der Waals surface area (Å²) < 4.78 is 0. The van der Waals surface area contributed by atoms with Crippen molar-refractivity contribution in [1.29, 1.82) is 0 Å². The lowest BCUT2D eigenvalue weighted by Gasteiger charge is -2.24. The Labute approximate surface area is 153 Å². The quantitative estimate of drug-likeness (QED) is 0.335. The first-order valence-corrected chi connectivity index (χ1v) is 10.6. The minimum atomic E-state index is 0.575. The minimum Gasteiger partial charge on any atom is -0.315 e. The van der Waals surface area contributed by atoms with Crippen molar-refractivity contribution >= 4 is 0 Å². The molecular weight excluding hydrogens is 294 g/mol. The van der Waals surface area contributed by atoms with Crippen LogP contribution in [0.2, 0.25) is 0 Å². The number of unbranched alkanes of at least 4 members (excludes halogenated alkanes) is 1. The molecule has 0 aliphatic rings. The molecule has 3 N–H and O–H groups in total. The van der Waals surface area contributed by atoms with E-state index >= 15 is 0 Å². The van der Waals surface area contributed by atoms with E-state index in [1.165, 1.54) is 51.0 Å². The second kappa shape index (κ2) is 16.4. The molecule has 0 fully saturated rings. The fourth-order valence-electron chi connectivity index (χ4n) is 2.95. The molecule has 0 heterocycles. The van der Waals surface area contributed by atoms with Crippen LogP contribution in [-0.2, 0) is 0 Å². The summed E-state index contributed by atoms with van der Waals surface area (Å²) in [6, 6.07) is 2.00. The zero-order valence-electron chi connectivity index (χ0n) is 17.5. The molecule has 0 bridgehead atoms. The van der Waals surface area contributed by atoms with Gasteiger partial charge in [-0.05, 0) is 51.1 Å². The third-order valence-electron chi connectivity index (χ3n) is 4.90. The molecule has 24 heavy (non-hydrogen) atoms. The Kier molecular flexibility index (Phi) is 16.3.